The predicted octanol–water partition coefficient (Wildman–Crippen LogP) is 2.43. The number of fused-ring (bicyclic) bond motifs is 2. The third-order valence-corrected chi connectivity index (χ3v) is 5.57. The van der Waals surface area contributed by atoms with E-state index in [1.165, 1.54) is 35.8 Å². The lowest BCUT2D eigenvalue weighted by atomic mass is 10.0. The number of piperidine rings is 1. The van der Waals surface area contributed by atoms with E-state index in [0.29, 0.717) is 23.7 Å². The normalized spacial score (nSPS) is 18.9. The fourth-order valence-corrected chi connectivity index (χ4v) is 4.12. The van der Waals surface area contributed by atoms with Gasteiger partial charge >= 0.3 is 0 Å². The maximum Gasteiger partial charge on any atom is 0.262 e. The Balaban J connectivity index is 1.46. The number of benzene rings is 1. The molecule has 0 aliphatic carbocycles. The molecule has 5 rings (SSSR count). The predicted molar refractivity (Wildman–Crippen MR) is 109 cm³/mol. The van der Waals surface area contributed by atoms with Gasteiger partial charge in [0.15, 0.2) is 0 Å². The van der Waals surface area contributed by atoms with Crippen molar-refractivity contribution in [3.8, 4) is 5.88 Å². The molecule has 0 spiro atoms. The molecule has 0 saturated carbocycles. The smallest absolute Gasteiger partial charge is 0.262 e. The second-order valence-corrected chi connectivity index (χ2v) is 7.57. The lowest BCUT2D eigenvalue weighted by molar-refractivity contribution is 0.0548. The van der Waals surface area contributed by atoms with Gasteiger partial charge in [0.25, 0.3) is 5.91 Å². The third kappa shape index (κ3) is 3.29. The van der Waals surface area contributed by atoms with Crippen LogP contribution < -0.4 is 15.0 Å². The van der Waals surface area contributed by atoms with E-state index in [1.807, 2.05) is 12.1 Å². The SMILES string of the molecule is O=C(Nc1ccc(N2CCCCC2)c2ccncc12)c1cnn2c1OCC(O)C2. The van der Waals surface area contributed by atoms with Crippen LogP contribution in [0.5, 0.6) is 5.88 Å². The molecule has 2 aromatic heterocycles. The minimum atomic E-state index is -0.615. The number of carbonyl (C=O) groups is 1. The van der Waals surface area contributed by atoms with Crippen LogP contribution in [0, 0.1) is 0 Å². The molecule has 8 nitrogen and oxygen atoms in total. The van der Waals surface area contributed by atoms with Crippen LogP contribution in [0.25, 0.3) is 10.8 Å². The first-order valence-electron chi connectivity index (χ1n) is 10.0. The number of nitrogens with zero attached hydrogens (tertiary/aromatic N) is 4. The zero-order valence-corrected chi connectivity index (χ0v) is 16.0. The Kier molecular flexibility index (Phi) is 4.55. The summed E-state index contributed by atoms with van der Waals surface area (Å²) in [6, 6.07) is 6.01. The molecule has 29 heavy (non-hydrogen) atoms. The lowest BCUT2D eigenvalue weighted by Crippen LogP contribution is -2.30. The fourth-order valence-electron chi connectivity index (χ4n) is 4.12. The minimum absolute atomic E-state index is 0.156. The van der Waals surface area contributed by atoms with Gasteiger partial charge in [-0.2, -0.15) is 5.10 Å². The van der Waals surface area contributed by atoms with Crippen molar-refractivity contribution in [2.75, 3.05) is 29.9 Å². The van der Waals surface area contributed by atoms with Crippen molar-refractivity contribution in [3.63, 3.8) is 0 Å². The average molecular weight is 393 g/mol. The monoisotopic (exact) mass is 393 g/mol. The number of nitrogens with one attached hydrogen (secondary N) is 1. The number of anilines is 2. The molecule has 0 bridgehead atoms. The van der Waals surface area contributed by atoms with E-state index < -0.39 is 6.10 Å². The molecule has 0 radical (unpaired) electrons. The highest BCUT2D eigenvalue weighted by Gasteiger charge is 2.26. The van der Waals surface area contributed by atoms with Gasteiger partial charge in [-0.25, -0.2) is 4.68 Å². The van der Waals surface area contributed by atoms with Gasteiger partial charge in [-0.05, 0) is 37.5 Å². The molecule has 1 amide bonds. The van der Waals surface area contributed by atoms with Crippen molar-refractivity contribution in [1.82, 2.24) is 14.8 Å². The summed E-state index contributed by atoms with van der Waals surface area (Å²) in [5.41, 5.74) is 2.24. The Morgan fingerprint density at radius 1 is 1.14 bits per heavy atom. The second-order valence-electron chi connectivity index (χ2n) is 7.57. The molecule has 1 fully saturated rings. The summed E-state index contributed by atoms with van der Waals surface area (Å²) < 4.78 is 7.04. The number of aliphatic hydroxyl groups excluding tert-OH is 1. The Bertz CT molecular complexity index is 1060. The summed E-state index contributed by atoms with van der Waals surface area (Å²) in [5.74, 6) is 0.0960. The van der Waals surface area contributed by atoms with Crippen molar-refractivity contribution in [2.45, 2.75) is 31.9 Å². The third-order valence-electron chi connectivity index (χ3n) is 5.57. The molecule has 2 aliphatic heterocycles. The number of aromatic nitrogens is 3. The standard InChI is InChI=1S/C21H23N5O3/c27-14-12-26-21(29-13-14)17(11-23-26)20(28)24-18-4-5-19(25-8-2-1-3-9-25)15-6-7-22-10-16(15)18/h4-7,10-11,14,27H,1-3,8-9,12-13H2,(H,24,28). The Morgan fingerprint density at radius 3 is 2.86 bits per heavy atom. The number of pyridine rings is 1. The number of hydrogen-bond donors (Lipinski definition) is 2. The average Bonchev–Trinajstić information content (AvgIpc) is 3.18. The second kappa shape index (κ2) is 7.36. The van der Waals surface area contributed by atoms with Gasteiger partial charge in [0.1, 0.15) is 18.3 Å². The van der Waals surface area contributed by atoms with Gasteiger partial charge in [-0.15, -0.1) is 0 Å². The van der Waals surface area contributed by atoms with Gasteiger partial charge in [-0.1, -0.05) is 0 Å². The van der Waals surface area contributed by atoms with Crippen LogP contribution in [-0.4, -0.2) is 51.6 Å². The zero-order valence-electron chi connectivity index (χ0n) is 16.0. The summed E-state index contributed by atoms with van der Waals surface area (Å²) >= 11 is 0. The molecule has 4 heterocycles. The van der Waals surface area contributed by atoms with Crippen LogP contribution in [0.4, 0.5) is 11.4 Å². The molecular formula is C21H23N5O3. The maximum absolute atomic E-state index is 12.9. The quantitative estimate of drug-likeness (QED) is 0.710. The highest BCUT2D eigenvalue weighted by Crippen LogP contribution is 2.34. The Morgan fingerprint density at radius 2 is 2.00 bits per heavy atom. The molecule has 1 saturated heterocycles. The lowest BCUT2D eigenvalue weighted by Gasteiger charge is -2.30. The van der Waals surface area contributed by atoms with E-state index in [0.717, 1.165) is 23.9 Å². The van der Waals surface area contributed by atoms with Crippen LogP contribution in [-0.2, 0) is 6.54 Å². The number of carbonyl (C=O) groups excluding carboxylic acids is 1. The van der Waals surface area contributed by atoms with E-state index in [4.69, 9.17) is 4.74 Å². The van der Waals surface area contributed by atoms with Gasteiger partial charge in [-0.3, -0.25) is 9.78 Å². The van der Waals surface area contributed by atoms with Gasteiger partial charge in [0, 0.05) is 41.9 Å². The van der Waals surface area contributed by atoms with Crippen LogP contribution in [0.2, 0.25) is 0 Å². The van der Waals surface area contributed by atoms with Crippen LogP contribution in [0.15, 0.2) is 36.8 Å². The Hall–Kier alpha value is -3.13. The summed E-state index contributed by atoms with van der Waals surface area (Å²) in [7, 11) is 0. The molecule has 8 heteroatoms. The number of ether oxygens (including phenoxy) is 1. The van der Waals surface area contributed by atoms with E-state index in [-0.39, 0.29) is 12.5 Å². The number of amides is 1. The molecule has 1 atom stereocenters. The van der Waals surface area contributed by atoms with Crippen LogP contribution in [0.3, 0.4) is 0 Å². The van der Waals surface area contributed by atoms with Crippen LogP contribution in [0.1, 0.15) is 29.6 Å². The molecule has 2 N–H and O–H groups in total. The number of aliphatic hydroxyl groups is 1. The minimum Gasteiger partial charge on any atom is -0.474 e. The van der Waals surface area contributed by atoms with E-state index in [2.05, 4.69) is 26.4 Å². The van der Waals surface area contributed by atoms with Gasteiger partial charge < -0.3 is 20.1 Å². The van der Waals surface area contributed by atoms with E-state index in [1.54, 1.807) is 12.4 Å². The van der Waals surface area contributed by atoms with Crippen molar-refractivity contribution in [1.29, 1.82) is 0 Å². The van der Waals surface area contributed by atoms with Crippen molar-refractivity contribution < 1.29 is 14.6 Å². The van der Waals surface area contributed by atoms with E-state index in [9.17, 15) is 9.90 Å². The number of hydrogen-bond acceptors (Lipinski definition) is 6. The summed E-state index contributed by atoms with van der Waals surface area (Å²) in [5, 5.41) is 18.8. The summed E-state index contributed by atoms with van der Waals surface area (Å²) in [6.07, 6.45) is 8.12. The van der Waals surface area contributed by atoms with Crippen LogP contribution >= 0.6 is 0 Å². The van der Waals surface area contributed by atoms with Gasteiger partial charge in [0.05, 0.1) is 18.4 Å². The maximum atomic E-state index is 12.9. The molecule has 3 aromatic rings. The summed E-state index contributed by atoms with van der Waals surface area (Å²) in [4.78, 5) is 19.6. The van der Waals surface area contributed by atoms with Crippen molar-refractivity contribution in [2.24, 2.45) is 0 Å². The Labute approximate surface area is 168 Å². The zero-order chi connectivity index (χ0) is 19.8. The van der Waals surface area contributed by atoms with Crippen molar-refractivity contribution >= 4 is 28.1 Å². The fraction of sp³-hybridized carbons (Fsp3) is 0.381. The first kappa shape index (κ1) is 17.9. The highest BCUT2D eigenvalue weighted by molar-refractivity contribution is 6.11. The topological polar surface area (TPSA) is 92.5 Å². The molecule has 2 aliphatic rings. The molecule has 150 valence electrons. The van der Waals surface area contributed by atoms with Gasteiger partial charge in [0.2, 0.25) is 5.88 Å². The highest BCUT2D eigenvalue weighted by atomic mass is 16.5. The first-order chi connectivity index (χ1) is 14.2. The van der Waals surface area contributed by atoms with E-state index >= 15 is 0 Å². The number of rotatable bonds is 3. The molecular weight excluding hydrogens is 370 g/mol. The largest absolute Gasteiger partial charge is 0.474 e. The first-order valence-corrected chi connectivity index (χ1v) is 10.0. The summed E-state index contributed by atoms with van der Waals surface area (Å²) in [6.45, 7) is 2.58. The van der Waals surface area contributed by atoms with Crippen molar-refractivity contribution in [3.05, 3.63) is 42.4 Å². The molecule has 1 aromatic carbocycles. The molecule has 1 unspecified atom stereocenters.